The van der Waals surface area contributed by atoms with Gasteiger partial charge in [0.15, 0.2) is 0 Å². The lowest BCUT2D eigenvalue weighted by Gasteiger charge is -2.17. The molecule has 1 fully saturated rings. The smallest absolute Gasteiger partial charge is 0.223 e. The second-order valence-corrected chi connectivity index (χ2v) is 7.75. The number of benzene rings is 2. The van der Waals surface area contributed by atoms with E-state index in [1.54, 1.807) is 18.9 Å². The van der Waals surface area contributed by atoms with Crippen molar-refractivity contribution in [3.05, 3.63) is 60.2 Å². The van der Waals surface area contributed by atoms with Crippen molar-refractivity contribution in [2.75, 3.05) is 32.5 Å². The average molecular weight is 371 g/mol. The Morgan fingerprint density at radius 3 is 2.54 bits per heavy atom. The van der Waals surface area contributed by atoms with Gasteiger partial charge in [-0.1, -0.05) is 30.3 Å². The molecule has 1 aliphatic rings. The van der Waals surface area contributed by atoms with E-state index in [9.17, 15) is 4.79 Å². The van der Waals surface area contributed by atoms with Gasteiger partial charge in [0.25, 0.3) is 0 Å². The van der Waals surface area contributed by atoms with E-state index in [0.29, 0.717) is 24.8 Å². The molecular formula is C21H26N2O2S. The minimum Gasteiger partial charge on any atom is -0.497 e. The summed E-state index contributed by atoms with van der Waals surface area (Å²) in [5.74, 6) is 2.55. The minimum atomic E-state index is 0.225. The van der Waals surface area contributed by atoms with Crippen LogP contribution in [0.1, 0.15) is 17.9 Å². The Hall–Kier alpha value is -1.98. The van der Waals surface area contributed by atoms with Crippen molar-refractivity contribution in [1.29, 1.82) is 0 Å². The van der Waals surface area contributed by atoms with Gasteiger partial charge in [-0.3, -0.25) is 4.79 Å². The molecule has 26 heavy (non-hydrogen) atoms. The zero-order valence-corrected chi connectivity index (χ0v) is 16.0. The summed E-state index contributed by atoms with van der Waals surface area (Å²) in [5.41, 5.74) is 7.25. The lowest BCUT2D eigenvalue weighted by Crippen LogP contribution is -2.30. The molecule has 3 rings (SSSR count). The van der Waals surface area contributed by atoms with Gasteiger partial charge in [-0.25, -0.2) is 0 Å². The molecule has 2 atom stereocenters. The maximum absolute atomic E-state index is 12.6. The molecule has 2 aromatic rings. The maximum atomic E-state index is 12.6. The minimum absolute atomic E-state index is 0.225. The number of nitrogens with zero attached hydrogens (tertiary/aromatic N) is 1. The highest BCUT2D eigenvalue weighted by Crippen LogP contribution is 2.32. The second kappa shape index (κ2) is 9.10. The van der Waals surface area contributed by atoms with Crippen LogP contribution < -0.4 is 10.5 Å². The molecule has 138 valence electrons. The normalized spacial score (nSPS) is 19.5. The van der Waals surface area contributed by atoms with Gasteiger partial charge < -0.3 is 15.4 Å². The first-order chi connectivity index (χ1) is 12.7. The van der Waals surface area contributed by atoms with E-state index >= 15 is 0 Å². The summed E-state index contributed by atoms with van der Waals surface area (Å²) in [4.78, 5) is 15.8. The monoisotopic (exact) mass is 370 g/mol. The molecule has 0 saturated carbocycles. The van der Waals surface area contributed by atoms with Crippen molar-refractivity contribution in [2.45, 2.75) is 17.2 Å². The summed E-state index contributed by atoms with van der Waals surface area (Å²) in [6, 6.07) is 18.4. The summed E-state index contributed by atoms with van der Waals surface area (Å²) in [5, 5.41) is 0. The first-order valence-corrected chi connectivity index (χ1v) is 9.99. The number of nitrogens with two attached hydrogens (primary N) is 1. The third-order valence-corrected chi connectivity index (χ3v) is 5.98. The highest BCUT2D eigenvalue weighted by molar-refractivity contribution is 7.99. The fraction of sp³-hybridized carbons (Fsp3) is 0.381. The molecule has 0 aliphatic carbocycles. The Kier molecular flexibility index (Phi) is 6.58. The average Bonchev–Trinajstić information content (AvgIpc) is 3.14. The Labute approximate surface area is 159 Å². The van der Waals surface area contributed by atoms with Crippen molar-refractivity contribution in [2.24, 2.45) is 11.7 Å². The summed E-state index contributed by atoms with van der Waals surface area (Å²) < 4.78 is 5.17. The van der Waals surface area contributed by atoms with Gasteiger partial charge in [0.2, 0.25) is 5.91 Å². The van der Waals surface area contributed by atoms with Crippen LogP contribution in [0.25, 0.3) is 0 Å². The van der Waals surface area contributed by atoms with E-state index in [-0.39, 0.29) is 5.91 Å². The van der Waals surface area contributed by atoms with Crippen LogP contribution in [0.3, 0.4) is 0 Å². The summed E-state index contributed by atoms with van der Waals surface area (Å²) in [7, 11) is 1.66. The largest absolute Gasteiger partial charge is 0.497 e. The number of thioether (sulfide) groups is 1. The van der Waals surface area contributed by atoms with Crippen LogP contribution in [-0.2, 0) is 4.79 Å². The van der Waals surface area contributed by atoms with E-state index in [2.05, 4.69) is 24.3 Å². The Morgan fingerprint density at radius 1 is 1.15 bits per heavy atom. The Bertz CT molecular complexity index is 706. The Balaban J connectivity index is 1.51. The molecule has 5 heteroatoms. The molecule has 1 amide bonds. The number of carbonyl (C=O) groups is 1. The van der Waals surface area contributed by atoms with Gasteiger partial charge in [0.05, 0.1) is 7.11 Å². The predicted octanol–water partition coefficient (Wildman–Crippen LogP) is 3.38. The van der Waals surface area contributed by atoms with Crippen molar-refractivity contribution < 1.29 is 9.53 Å². The van der Waals surface area contributed by atoms with E-state index < -0.39 is 0 Å². The third-order valence-electron chi connectivity index (χ3n) is 4.97. The van der Waals surface area contributed by atoms with Gasteiger partial charge in [0, 0.05) is 36.1 Å². The third kappa shape index (κ3) is 4.59. The fourth-order valence-corrected chi connectivity index (χ4v) is 4.32. The predicted molar refractivity (Wildman–Crippen MR) is 107 cm³/mol. The maximum Gasteiger partial charge on any atom is 0.223 e. The molecule has 2 aromatic carbocycles. The fourth-order valence-electron chi connectivity index (χ4n) is 3.48. The molecule has 1 heterocycles. The number of methoxy groups -OCH3 is 1. The molecule has 1 aliphatic heterocycles. The quantitative estimate of drug-likeness (QED) is 0.759. The molecular weight excluding hydrogens is 344 g/mol. The molecule has 4 nitrogen and oxygen atoms in total. The van der Waals surface area contributed by atoms with Crippen LogP contribution in [-0.4, -0.2) is 43.3 Å². The molecule has 0 spiro atoms. The van der Waals surface area contributed by atoms with Gasteiger partial charge >= 0.3 is 0 Å². The zero-order valence-electron chi connectivity index (χ0n) is 15.1. The lowest BCUT2D eigenvalue weighted by atomic mass is 9.89. The van der Waals surface area contributed by atoms with Gasteiger partial charge in [-0.05, 0) is 42.3 Å². The van der Waals surface area contributed by atoms with Crippen LogP contribution in [0.4, 0.5) is 0 Å². The molecule has 0 radical (unpaired) electrons. The Morgan fingerprint density at radius 2 is 1.88 bits per heavy atom. The number of rotatable bonds is 7. The van der Waals surface area contributed by atoms with Crippen molar-refractivity contribution in [3.8, 4) is 5.75 Å². The molecule has 0 aromatic heterocycles. The number of ether oxygens (including phenoxy) is 1. The first kappa shape index (κ1) is 18.8. The van der Waals surface area contributed by atoms with Crippen LogP contribution in [0.15, 0.2) is 59.5 Å². The topological polar surface area (TPSA) is 55.6 Å². The number of hydrogen-bond acceptors (Lipinski definition) is 4. The number of hydrogen-bond donors (Lipinski definition) is 1. The van der Waals surface area contributed by atoms with E-state index in [1.165, 1.54) is 5.56 Å². The first-order valence-electron chi connectivity index (χ1n) is 9.01. The number of carbonyl (C=O) groups excluding carboxylic acids is 1. The highest BCUT2D eigenvalue weighted by atomic mass is 32.2. The van der Waals surface area contributed by atoms with Crippen LogP contribution in [0.2, 0.25) is 0 Å². The van der Waals surface area contributed by atoms with Gasteiger partial charge in [-0.2, -0.15) is 0 Å². The summed E-state index contributed by atoms with van der Waals surface area (Å²) >= 11 is 1.70. The van der Waals surface area contributed by atoms with E-state index in [0.717, 1.165) is 29.5 Å². The standard InChI is InChI=1S/C21H26N2O2S/c1-25-18-7-9-19(10-8-18)26-12-11-21(24)23-14-17(13-22)20(15-23)16-5-3-2-4-6-16/h2-10,17,20H,11-15,22H2,1H3/t17-,20+/m1/s1. The zero-order chi connectivity index (χ0) is 18.4. The number of likely N-dealkylation sites (tertiary alicyclic amines) is 1. The van der Waals surface area contributed by atoms with Crippen LogP contribution in [0, 0.1) is 5.92 Å². The molecule has 0 bridgehead atoms. The van der Waals surface area contributed by atoms with Crippen molar-refractivity contribution in [3.63, 3.8) is 0 Å². The van der Waals surface area contributed by atoms with Crippen LogP contribution >= 0.6 is 11.8 Å². The van der Waals surface area contributed by atoms with Crippen molar-refractivity contribution in [1.82, 2.24) is 4.90 Å². The lowest BCUT2D eigenvalue weighted by molar-refractivity contribution is -0.129. The van der Waals surface area contributed by atoms with Crippen LogP contribution in [0.5, 0.6) is 5.75 Å². The molecule has 0 unspecified atom stereocenters. The second-order valence-electron chi connectivity index (χ2n) is 6.59. The molecule has 2 N–H and O–H groups in total. The molecule has 1 saturated heterocycles. The SMILES string of the molecule is COc1ccc(SCCC(=O)N2C[C@@H](CN)[C@H](c3ccccc3)C2)cc1. The van der Waals surface area contributed by atoms with E-state index in [1.807, 2.05) is 35.2 Å². The van der Waals surface area contributed by atoms with Crippen molar-refractivity contribution >= 4 is 17.7 Å². The van der Waals surface area contributed by atoms with Gasteiger partial charge in [0.1, 0.15) is 5.75 Å². The highest BCUT2D eigenvalue weighted by Gasteiger charge is 2.34. The summed E-state index contributed by atoms with van der Waals surface area (Å²) in [6.07, 6.45) is 0.551. The van der Waals surface area contributed by atoms with E-state index in [4.69, 9.17) is 10.5 Å². The summed E-state index contributed by atoms with van der Waals surface area (Å²) in [6.45, 7) is 2.16. The number of amides is 1. The van der Waals surface area contributed by atoms with Gasteiger partial charge in [-0.15, -0.1) is 11.8 Å².